The molecule has 1 aromatic heterocycles. The molecule has 3 rings (SSSR count). The molecule has 1 N–H and O–H groups in total. The summed E-state index contributed by atoms with van der Waals surface area (Å²) in [5.41, 5.74) is 1.35. The van der Waals surface area contributed by atoms with E-state index in [9.17, 15) is 0 Å². The Kier molecular flexibility index (Phi) is 4.04. The SMILES string of the molecule is CC(C)(C)NCc1csc(N(CC2CC2)CC2CC2)n1. The number of nitrogens with one attached hydrogen (secondary N) is 1. The minimum Gasteiger partial charge on any atom is -0.348 e. The molecule has 4 heteroatoms. The number of hydrogen-bond donors (Lipinski definition) is 1. The number of nitrogens with zero attached hydrogens (tertiary/aromatic N) is 2. The van der Waals surface area contributed by atoms with Gasteiger partial charge in [-0.3, -0.25) is 0 Å². The second-order valence-corrected chi connectivity index (χ2v) is 8.35. The van der Waals surface area contributed by atoms with Crippen molar-refractivity contribution in [3.8, 4) is 0 Å². The molecule has 0 aromatic carbocycles. The molecule has 0 aliphatic heterocycles. The summed E-state index contributed by atoms with van der Waals surface area (Å²) in [7, 11) is 0. The zero-order valence-corrected chi connectivity index (χ0v) is 13.8. The molecule has 3 nitrogen and oxygen atoms in total. The van der Waals surface area contributed by atoms with Crippen LogP contribution in [0.3, 0.4) is 0 Å². The fourth-order valence-corrected chi connectivity index (χ4v) is 3.18. The first-order valence-electron chi connectivity index (χ1n) is 7.94. The van der Waals surface area contributed by atoms with E-state index in [1.807, 2.05) is 11.3 Å². The highest BCUT2D eigenvalue weighted by atomic mass is 32.1. The van der Waals surface area contributed by atoms with Gasteiger partial charge in [0.05, 0.1) is 5.69 Å². The second kappa shape index (κ2) is 5.64. The summed E-state index contributed by atoms with van der Waals surface area (Å²) < 4.78 is 0. The van der Waals surface area contributed by atoms with Crippen LogP contribution < -0.4 is 10.2 Å². The van der Waals surface area contributed by atoms with Gasteiger partial charge >= 0.3 is 0 Å². The first-order chi connectivity index (χ1) is 9.49. The number of thiazole rings is 1. The lowest BCUT2D eigenvalue weighted by Gasteiger charge is -2.22. The van der Waals surface area contributed by atoms with Crippen LogP contribution in [0.2, 0.25) is 0 Å². The Labute approximate surface area is 126 Å². The van der Waals surface area contributed by atoms with Crippen LogP contribution in [0.5, 0.6) is 0 Å². The van der Waals surface area contributed by atoms with E-state index in [2.05, 4.69) is 36.4 Å². The predicted molar refractivity (Wildman–Crippen MR) is 86.4 cm³/mol. The van der Waals surface area contributed by atoms with E-state index >= 15 is 0 Å². The van der Waals surface area contributed by atoms with Crippen molar-refractivity contribution in [2.75, 3.05) is 18.0 Å². The van der Waals surface area contributed by atoms with Crippen molar-refractivity contribution in [2.45, 2.75) is 58.5 Å². The van der Waals surface area contributed by atoms with Crippen LogP contribution in [0.1, 0.15) is 52.1 Å². The maximum absolute atomic E-state index is 4.86. The largest absolute Gasteiger partial charge is 0.348 e. The van der Waals surface area contributed by atoms with Crippen molar-refractivity contribution in [2.24, 2.45) is 11.8 Å². The average molecular weight is 293 g/mol. The van der Waals surface area contributed by atoms with Gasteiger partial charge in [-0.15, -0.1) is 11.3 Å². The first-order valence-corrected chi connectivity index (χ1v) is 8.82. The molecule has 0 spiro atoms. The molecule has 0 unspecified atom stereocenters. The van der Waals surface area contributed by atoms with Gasteiger partial charge in [-0.25, -0.2) is 4.98 Å². The highest BCUT2D eigenvalue weighted by Crippen LogP contribution is 2.36. The Morgan fingerprint density at radius 1 is 1.20 bits per heavy atom. The summed E-state index contributed by atoms with van der Waals surface area (Å²) >= 11 is 1.82. The van der Waals surface area contributed by atoms with Crippen LogP contribution in [0.4, 0.5) is 5.13 Å². The maximum atomic E-state index is 4.86. The Morgan fingerprint density at radius 2 is 1.80 bits per heavy atom. The number of rotatable bonds is 7. The standard InChI is InChI=1S/C16H27N3S/c1-16(2,3)17-8-14-11-20-15(18-14)19(9-12-4-5-12)10-13-6-7-13/h11-13,17H,4-10H2,1-3H3. The van der Waals surface area contributed by atoms with Gasteiger partial charge in [0.15, 0.2) is 5.13 Å². The van der Waals surface area contributed by atoms with Crippen LogP contribution in [0.15, 0.2) is 5.38 Å². The molecular weight excluding hydrogens is 266 g/mol. The molecule has 2 fully saturated rings. The fraction of sp³-hybridized carbons (Fsp3) is 0.812. The maximum Gasteiger partial charge on any atom is 0.185 e. The van der Waals surface area contributed by atoms with Crippen LogP contribution in [0.25, 0.3) is 0 Å². The molecule has 1 aromatic rings. The van der Waals surface area contributed by atoms with Crippen molar-refractivity contribution in [3.05, 3.63) is 11.1 Å². The lowest BCUT2D eigenvalue weighted by molar-refractivity contribution is 0.422. The van der Waals surface area contributed by atoms with Gasteiger partial charge in [0.1, 0.15) is 0 Å². The van der Waals surface area contributed by atoms with E-state index in [-0.39, 0.29) is 5.54 Å². The minimum atomic E-state index is 0.158. The number of aromatic nitrogens is 1. The third-order valence-electron chi connectivity index (χ3n) is 3.96. The van der Waals surface area contributed by atoms with Crippen molar-refractivity contribution in [1.82, 2.24) is 10.3 Å². The molecule has 0 saturated heterocycles. The molecule has 1 heterocycles. The zero-order valence-electron chi connectivity index (χ0n) is 13.0. The first kappa shape index (κ1) is 14.3. The van der Waals surface area contributed by atoms with Crippen LogP contribution in [-0.2, 0) is 6.54 Å². The zero-order chi connectivity index (χ0) is 14.2. The van der Waals surface area contributed by atoms with E-state index in [1.165, 1.54) is 49.6 Å². The van der Waals surface area contributed by atoms with Crippen molar-refractivity contribution < 1.29 is 0 Å². The van der Waals surface area contributed by atoms with Crippen molar-refractivity contribution >= 4 is 16.5 Å². The molecule has 2 aliphatic carbocycles. The molecule has 0 atom stereocenters. The van der Waals surface area contributed by atoms with Crippen molar-refractivity contribution in [3.63, 3.8) is 0 Å². The second-order valence-electron chi connectivity index (χ2n) is 7.52. The molecule has 2 aliphatic rings. The molecule has 20 heavy (non-hydrogen) atoms. The molecule has 0 radical (unpaired) electrons. The van der Waals surface area contributed by atoms with Gasteiger partial charge in [-0.1, -0.05) is 0 Å². The third kappa shape index (κ3) is 4.45. The summed E-state index contributed by atoms with van der Waals surface area (Å²) in [5.74, 6) is 1.88. The van der Waals surface area contributed by atoms with E-state index < -0.39 is 0 Å². The van der Waals surface area contributed by atoms with Gasteiger partial charge in [0.25, 0.3) is 0 Å². The van der Waals surface area contributed by atoms with Crippen LogP contribution >= 0.6 is 11.3 Å². The summed E-state index contributed by atoms with van der Waals surface area (Å²) in [5, 5.41) is 6.99. The number of anilines is 1. The average Bonchev–Trinajstić information content (AvgIpc) is 3.28. The van der Waals surface area contributed by atoms with Gasteiger partial charge in [0, 0.05) is 30.6 Å². The molecule has 0 amide bonds. The quantitative estimate of drug-likeness (QED) is 0.831. The Morgan fingerprint density at radius 3 is 2.30 bits per heavy atom. The monoisotopic (exact) mass is 293 g/mol. The van der Waals surface area contributed by atoms with Gasteiger partial charge in [-0.05, 0) is 58.3 Å². The number of hydrogen-bond acceptors (Lipinski definition) is 4. The Balaban J connectivity index is 1.59. The van der Waals surface area contributed by atoms with Gasteiger partial charge in [0.2, 0.25) is 0 Å². The van der Waals surface area contributed by atoms with E-state index in [4.69, 9.17) is 4.98 Å². The van der Waals surface area contributed by atoms with E-state index in [0.29, 0.717) is 0 Å². The summed E-state index contributed by atoms with van der Waals surface area (Å²) in [4.78, 5) is 7.41. The van der Waals surface area contributed by atoms with Crippen LogP contribution in [0, 0.1) is 11.8 Å². The van der Waals surface area contributed by atoms with Crippen LogP contribution in [-0.4, -0.2) is 23.6 Å². The summed E-state index contributed by atoms with van der Waals surface area (Å²) in [6.45, 7) is 9.94. The smallest absolute Gasteiger partial charge is 0.185 e. The lowest BCUT2D eigenvalue weighted by Crippen LogP contribution is -2.35. The predicted octanol–water partition coefficient (Wildman–Crippen LogP) is 3.66. The Bertz CT molecular complexity index is 427. The third-order valence-corrected chi connectivity index (χ3v) is 4.91. The molecular formula is C16H27N3S. The van der Waals surface area contributed by atoms with Gasteiger partial charge < -0.3 is 10.2 Å². The highest BCUT2D eigenvalue weighted by molar-refractivity contribution is 7.13. The normalized spacial score (nSPS) is 19.4. The molecule has 2 saturated carbocycles. The minimum absolute atomic E-state index is 0.158. The Hall–Kier alpha value is -0.610. The molecule has 0 bridgehead atoms. The summed E-state index contributed by atoms with van der Waals surface area (Å²) in [6.07, 6.45) is 5.69. The van der Waals surface area contributed by atoms with E-state index in [1.54, 1.807) is 0 Å². The molecule has 112 valence electrons. The topological polar surface area (TPSA) is 28.2 Å². The van der Waals surface area contributed by atoms with Crippen molar-refractivity contribution in [1.29, 1.82) is 0 Å². The van der Waals surface area contributed by atoms with Gasteiger partial charge in [-0.2, -0.15) is 0 Å². The summed E-state index contributed by atoms with van der Waals surface area (Å²) in [6, 6.07) is 0. The van der Waals surface area contributed by atoms with E-state index in [0.717, 1.165) is 18.4 Å². The lowest BCUT2D eigenvalue weighted by atomic mass is 10.1. The fourth-order valence-electron chi connectivity index (χ4n) is 2.33. The highest BCUT2D eigenvalue weighted by Gasteiger charge is 2.30.